The number of alkyl halides is 3. The summed E-state index contributed by atoms with van der Waals surface area (Å²) in [5.41, 5.74) is 1.96. The summed E-state index contributed by atoms with van der Waals surface area (Å²) in [6.07, 6.45) is 1.90. The predicted molar refractivity (Wildman–Crippen MR) is 99.3 cm³/mol. The van der Waals surface area contributed by atoms with Crippen LogP contribution in [0.5, 0.6) is 0 Å². The molecule has 144 valence electrons. The molecule has 1 N–H and O–H groups in total. The van der Waals surface area contributed by atoms with Crippen molar-refractivity contribution < 1.29 is 13.2 Å². The van der Waals surface area contributed by atoms with E-state index < -0.39 is 11.7 Å². The van der Waals surface area contributed by atoms with Crippen molar-refractivity contribution in [2.75, 3.05) is 7.05 Å². The molecular weight excluding hydrogens is 363 g/mol. The number of rotatable bonds is 5. The first-order valence-corrected chi connectivity index (χ1v) is 8.86. The molecule has 1 fully saturated rings. The van der Waals surface area contributed by atoms with Crippen molar-refractivity contribution in [3.63, 3.8) is 0 Å². The van der Waals surface area contributed by atoms with Gasteiger partial charge in [0, 0.05) is 13.1 Å². The monoisotopic (exact) mass is 387 g/mol. The molecule has 7 heteroatoms. The smallest absolute Gasteiger partial charge is 0.314 e. The molecule has 0 bridgehead atoms. The molecule has 1 aliphatic carbocycles. The molecule has 3 rings (SSSR count). The number of nitrogens with zero attached hydrogens (tertiary/aromatic N) is 2. The minimum atomic E-state index is -4.31. The average Bonchev–Trinajstić information content (AvgIpc) is 2.98. The molecule has 26 heavy (non-hydrogen) atoms. The van der Waals surface area contributed by atoms with E-state index in [0.29, 0.717) is 12.5 Å². The topological polar surface area (TPSA) is 29.9 Å². The van der Waals surface area contributed by atoms with Gasteiger partial charge in [-0.3, -0.25) is 4.68 Å². The molecule has 0 atom stereocenters. The lowest BCUT2D eigenvalue weighted by molar-refractivity contribution is -0.137. The molecule has 0 spiro atoms. The molecule has 0 amide bonds. The first-order valence-electron chi connectivity index (χ1n) is 8.86. The van der Waals surface area contributed by atoms with Crippen molar-refractivity contribution in [3.05, 3.63) is 41.6 Å². The van der Waals surface area contributed by atoms with Gasteiger partial charge >= 0.3 is 6.18 Å². The molecule has 1 aromatic heterocycles. The Bertz CT molecular complexity index is 689. The van der Waals surface area contributed by atoms with Gasteiger partial charge in [0.25, 0.3) is 0 Å². The fourth-order valence-electron chi connectivity index (χ4n) is 3.55. The highest BCUT2D eigenvalue weighted by Crippen LogP contribution is 2.32. The van der Waals surface area contributed by atoms with Gasteiger partial charge in [0.15, 0.2) is 0 Å². The first kappa shape index (κ1) is 20.8. The maximum absolute atomic E-state index is 12.8. The fraction of sp³-hybridized carbons (Fsp3) is 0.526. The van der Waals surface area contributed by atoms with Crippen LogP contribution in [0.2, 0.25) is 0 Å². The van der Waals surface area contributed by atoms with Gasteiger partial charge in [0.1, 0.15) is 0 Å². The molecule has 0 unspecified atom stereocenters. The SMILES string of the molecule is CNCc1cc(-c2ccc(C(F)(F)F)cc2)n(CC2CCCCC2)n1.Cl. The van der Waals surface area contributed by atoms with Crippen LogP contribution in [0.25, 0.3) is 11.3 Å². The van der Waals surface area contributed by atoms with Gasteiger partial charge in [0.2, 0.25) is 0 Å². The van der Waals surface area contributed by atoms with Crippen LogP contribution in [0.1, 0.15) is 43.4 Å². The Hall–Kier alpha value is -1.53. The van der Waals surface area contributed by atoms with Gasteiger partial charge in [-0.2, -0.15) is 18.3 Å². The second-order valence-corrected chi connectivity index (χ2v) is 6.81. The van der Waals surface area contributed by atoms with Crippen molar-refractivity contribution in [3.8, 4) is 11.3 Å². The Morgan fingerprint density at radius 2 is 1.77 bits per heavy atom. The van der Waals surface area contributed by atoms with E-state index in [-0.39, 0.29) is 12.4 Å². The Morgan fingerprint density at radius 1 is 1.12 bits per heavy atom. The average molecular weight is 388 g/mol. The molecule has 0 radical (unpaired) electrons. The van der Waals surface area contributed by atoms with Crippen molar-refractivity contribution >= 4 is 12.4 Å². The van der Waals surface area contributed by atoms with E-state index in [9.17, 15) is 13.2 Å². The van der Waals surface area contributed by atoms with E-state index in [4.69, 9.17) is 0 Å². The molecule has 0 aliphatic heterocycles. The summed E-state index contributed by atoms with van der Waals surface area (Å²) in [5.74, 6) is 0.601. The quantitative estimate of drug-likeness (QED) is 0.755. The molecular formula is C19H25ClF3N3. The number of hydrogen-bond donors (Lipinski definition) is 1. The fourth-order valence-corrected chi connectivity index (χ4v) is 3.55. The Morgan fingerprint density at radius 3 is 2.35 bits per heavy atom. The third-order valence-corrected chi connectivity index (χ3v) is 4.85. The van der Waals surface area contributed by atoms with Crippen molar-refractivity contribution in [1.29, 1.82) is 0 Å². The lowest BCUT2D eigenvalue weighted by Crippen LogP contribution is -2.16. The largest absolute Gasteiger partial charge is 0.416 e. The van der Waals surface area contributed by atoms with Gasteiger partial charge in [0.05, 0.1) is 17.0 Å². The standard InChI is InChI=1S/C19H24F3N3.ClH/c1-23-12-17-11-18(15-7-9-16(10-8-15)19(20,21)22)25(24-17)13-14-5-3-2-4-6-14;/h7-11,14,23H,2-6,12-13H2,1H3;1H. The summed E-state index contributed by atoms with van der Waals surface area (Å²) < 4.78 is 40.3. The molecule has 3 nitrogen and oxygen atoms in total. The van der Waals surface area contributed by atoms with E-state index in [0.717, 1.165) is 35.6 Å². The van der Waals surface area contributed by atoms with Gasteiger partial charge in [-0.15, -0.1) is 12.4 Å². The lowest BCUT2D eigenvalue weighted by Gasteiger charge is -2.22. The second kappa shape index (κ2) is 8.91. The van der Waals surface area contributed by atoms with Gasteiger partial charge < -0.3 is 5.32 Å². The summed E-state index contributed by atoms with van der Waals surface area (Å²) in [6, 6.07) is 7.35. The first-order chi connectivity index (χ1) is 12.0. The van der Waals surface area contributed by atoms with Gasteiger partial charge in [-0.05, 0) is 49.6 Å². The minimum absolute atomic E-state index is 0. The number of halogens is 4. The third kappa shape index (κ3) is 5.01. The molecule has 0 saturated heterocycles. The van der Waals surface area contributed by atoms with Crippen molar-refractivity contribution in [2.24, 2.45) is 5.92 Å². The minimum Gasteiger partial charge on any atom is -0.314 e. The highest BCUT2D eigenvalue weighted by molar-refractivity contribution is 5.85. The molecule has 2 aromatic rings. The normalized spacial score (nSPS) is 15.7. The van der Waals surface area contributed by atoms with E-state index in [1.165, 1.54) is 32.1 Å². The van der Waals surface area contributed by atoms with Gasteiger partial charge in [-0.1, -0.05) is 31.4 Å². The van der Waals surface area contributed by atoms with Crippen molar-refractivity contribution in [1.82, 2.24) is 15.1 Å². The van der Waals surface area contributed by atoms with Crippen molar-refractivity contribution in [2.45, 2.75) is 51.4 Å². The summed E-state index contributed by atoms with van der Waals surface area (Å²) >= 11 is 0. The van der Waals surface area contributed by atoms with Gasteiger partial charge in [-0.25, -0.2) is 0 Å². The Balaban J connectivity index is 0.00000243. The van der Waals surface area contributed by atoms with Crippen LogP contribution in [0.3, 0.4) is 0 Å². The van der Waals surface area contributed by atoms with E-state index >= 15 is 0 Å². The van der Waals surface area contributed by atoms with E-state index in [1.54, 1.807) is 12.1 Å². The molecule has 1 aliphatic rings. The Labute approximate surface area is 158 Å². The van der Waals surface area contributed by atoms with Crippen LogP contribution in [-0.2, 0) is 19.3 Å². The van der Waals surface area contributed by atoms with Crippen LogP contribution in [0.4, 0.5) is 13.2 Å². The second-order valence-electron chi connectivity index (χ2n) is 6.81. The highest BCUT2D eigenvalue weighted by Gasteiger charge is 2.30. The zero-order chi connectivity index (χ0) is 17.9. The van der Waals surface area contributed by atoms with Crippen LogP contribution in [0, 0.1) is 5.92 Å². The van der Waals surface area contributed by atoms with E-state index in [1.807, 2.05) is 17.8 Å². The molecule has 1 aromatic carbocycles. The summed E-state index contributed by atoms with van der Waals surface area (Å²) in [4.78, 5) is 0. The zero-order valence-corrected chi connectivity index (χ0v) is 15.7. The predicted octanol–water partition coefficient (Wildman–Crippen LogP) is 5.29. The van der Waals surface area contributed by atoms with Crippen LogP contribution >= 0.6 is 12.4 Å². The number of aromatic nitrogens is 2. The third-order valence-electron chi connectivity index (χ3n) is 4.85. The number of nitrogens with one attached hydrogen (secondary N) is 1. The summed E-state index contributed by atoms with van der Waals surface area (Å²) in [5, 5.41) is 7.76. The van der Waals surface area contributed by atoms with Crippen LogP contribution < -0.4 is 5.32 Å². The summed E-state index contributed by atoms with van der Waals surface area (Å²) in [7, 11) is 1.86. The molecule has 1 heterocycles. The van der Waals surface area contributed by atoms with Crippen LogP contribution in [0.15, 0.2) is 30.3 Å². The number of benzene rings is 1. The highest BCUT2D eigenvalue weighted by atomic mass is 35.5. The lowest BCUT2D eigenvalue weighted by atomic mass is 9.89. The maximum Gasteiger partial charge on any atom is 0.416 e. The van der Waals surface area contributed by atoms with Crippen LogP contribution in [-0.4, -0.2) is 16.8 Å². The number of hydrogen-bond acceptors (Lipinski definition) is 2. The maximum atomic E-state index is 12.8. The summed E-state index contributed by atoms with van der Waals surface area (Å²) in [6.45, 7) is 1.48. The van der Waals surface area contributed by atoms with E-state index in [2.05, 4.69) is 10.4 Å². The molecule has 1 saturated carbocycles. The Kier molecular flexibility index (Phi) is 7.12. The zero-order valence-electron chi connectivity index (χ0n) is 14.9.